The highest BCUT2D eigenvalue weighted by molar-refractivity contribution is 5.93. The van der Waals surface area contributed by atoms with E-state index in [-0.39, 0.29) is 23.2 Å². The van der Waals surface area contributed by atoms with Crippen molar-refractivity contribution in [2.45, 2.75) is 6.10 Å². The number of para-hydroxylation sites is 1. The van der Waals surface area contributed by atoms with Crippen molar-refractivity contribution in [3.05, 3.63) is 70.7 Å². The number of hydrogen-bond acceptors (Lipinski definition) is 5. The summed E-state index contributed by atoms with van der Waals surface area (Å²) in [6, 6.07) is 13.5. The normalized spacial score (nSPS) is 14.4. The maximum absolute atomic E-state index is 12.4. The Kier molecular flexibility index (Phi) is 3.49. The molecule has 3 aromatic rings. The van der Waals surface area contributed by atoms with Crippen LogP contribution in [0.5, 0.6) is 5.88 Å². The van der Waals surface area contributed by atoms with Gasteiger partial charge in [-0.1, -0.05) is 18.2 Å². The number of carbonyl (C=O) groups is 1. The van der Waals surface area contributed by atoms with Gasteiger partial charge in [0.1, 0.15) is 11.7 Å². The molecular weight excluding hydrogens is 308 g/mol. The number of fused-ring (bicyclic) bond motifs is 1. The zero-order valence-corrected chi connectivity index (χ0v) is 12.7. The summed E-state index contributed by atoms with van der Waals surface area (Å²) in [5, 5.41) is 0.467. The van der Waals surface area contributed by atoms with Gasteiger partial charge in [-0.25, -0.2) is 4.98 Å². The van der Waals surface area contributed by atoms with Crippen molar-refractivity contribution >= 4 is 16.9 Å². The van der Waals surface area contributed by atoms with Gasteiger partial charge in [0.05, 0.1) is 18.5 Å². The van der Waals surface area contributed by atoms with Crippen LogP contribution in [0.2, 0.25) is 0 Å². The molecule has 0 N–H and O–H groups in total. The highest BCUT2D eigenvalue weighted by Gasteiger charge is 2.34. The molecule has 0 atom stereocenters. The highest BCUT2D eigenvalue weighted by Crippen LogP contribution is 2.19. The van der Waals surface area contributed by atoms with Crippen LogP contribution in [0.15, 0.2) is 63.9 Å². The number of benzene rings is 1. The Bertz CT molecular complexity index is 946. The summed E-state index contributed by atoms with van der Waals surface area (Å²) in [7, 11) is 0. The van der Waals surface area contributed by atoms with Gasteiger partial charge in [0.25, 0.3) is 5.91 Å². The number of rotatable bonds is 3. The maximum Gasteiger partial charge on any atom is 0.289 e. The van der Waals surface area contributed by atoms with E-state index in [0.717, 1.165) is 0 Å². The molecule has 0 bridgehead atoms. The molecule has 0 unspecified atom stereocenters. The molecule has 1 amide bonds. The van der Waals surface area contributed by atoms with Gasteiger partial charge >= 0.3 is 0 Å². The number of amides is 1. The van der Waals surface area contributed by atoms with Crippen LogP contribution in [0, 0.1) is 0 Å². The van der Waals surface area contributed by atoms with Crippen molar-refractivity contribution < 1.29 is 13.9 Å². The fourth-order valence-corrected chi connectivity index (χ4v) is 2.63. The quantitative estimate of drug-likeness (QED) is 0.738. The first-order valence-corrected chi connectivity index (χ1v) is 7.60. The minimum atomic E-state index is -0.307. The molecule has 1 aliphatic rings. The second-order valence-corrected chi connectivity index (χ2v) is 5.59. The van der Waals surface area contributed by atoms with E-state index in [0.29, 0.717) is 29.9 Å². The second-order valence-electron chi connectivity index (χ2n) is 5.59. The molecule has 1 aliphatic heterocycles. The van der Waals surface area contributed by atoms with Gasteiger partial charge in [-0.05, 0) is 18.2 Å². The van der Waals surface area contributed by atoms with E-state index in [4.69, 9.17) is 9.15 Å². The predicted molar refractivity (Wildman–Crippen MR) is 87.0 cm³/mol. The van der Waals surface area contributed by atoms with Gasteiger partial charge in [-0.2, -0.15) is 0 Å². The van der Waals surface area contributed by atoms with Crippen molar-refractivity contribution in [1.82, 2.24) is 9.88 Å². The van der Waals surface area contributed by atoms with E-state index in [9.17, 15) is 9.59 Å². The zero-order chi connectivity index (χ0) is 16.5. The molecule has 0 aliphatic carbocycles. The Morgan fingerprint density at radius 1 is 1.17 bits per heavy atom. The summed E-state index contributed by atoms with van der Waals surface area (Å²) in [6.07, 6.45) is 1.55. The average Bonchev–Trinajstić information content (AvgIpc) is 2.58. The van der Waals surface area contributed by atoms with Gasteiger partial charge in [-0.3, -0.25) is 9.59 Å². The number of likely N-dealkylation sites (tertiary alicyclic amines) is 1. The Balaban J connectivity index is 1.47. The second kappa shape index (κ2) is 5.81. The molecule has 120 valence electrons. The Hall–Kier alpha value is -3.15. The van der Waals surface area contributed by atoms with Crippen molar-refractivity contribution in [2.24, 2.45) is 0 Å². The largest absolute Gasteiger partial charge is 0.471 e. The molecule has 0 radical (unpaired) electrons. The lowest BCUT2D eigenvalue weighted by atomic mass is 10.1. The molecule has 2 aromatic heterocycles. The fraction of sp³-hybridized carbons (Fsp3) is 0.167. The number of hydrogen-bond donors (Lipinski definition) is 0. The molecule has 6 heteroatoms. The minimum absolute atomic E-state index is 0.0509. The van der Waals surface area contributed by atoms with E-state index in [2.05, 4.69) is 4.98 Å². The van der Waals surface area contributed by atoms with Crippen molar-refractivity contribution in [1.29, 1.82) is 0 Å². The summed E-state index contributed by atoms with van der Waals surface area (Å²) in [5.41, 5.74) is 0.192. The number of ether oxygens (including phenoxy) is 1. The first-order valence-electron chi connectivity index (χ1n) is 7.60. The monoisotopic (exact) mass is 322 g/mol. The topological polar surface area (TPSA) is 72.6 Å². The minimum Gasteiger partial charge on any atom is -0.471 e. The average molecular weight is 322 g/mol. The first-order chi connectivity index (χ1) is 11.7. The van der Waals surface area contributed by atoms with Crippen LogP contribution < -0.4 is 10.2 Å². The Morgan fingerprint density at radius 3 is 2.75 bits per heavy atom. The van der Waals surface area contributed by atoms with Crippen molar-refractivity contribution in [3.63, 3.8) is 0 Å². The standard InChI is InChI=1S/C18H14N2O4/c21-14-9-16(24-15-6-2-1-5-13(14)15)18(22)20-10-12(11-20)23-17-7-3-4-8-19-17/h1-9,12H,10-11H2. The van der Waals surface area contributed by atoms with E-state index in [1.165, 1.54) is 6.07 Å². The van der Waals surface area contributed by atoms with Crippen LogP contribution in [0.3, 0.4) is 0 Å². The fourth-order valence-electron chi connectivity index (χ4n) is 2.63. The number of nitrogens with zero attached hydrogens (tertiary/aromatic N) is 2. The number of pyridine rings is 1. The van der Waals surface area contributed by atoms with Crippen molar-refractivity contribution in [2.75, 3.05) is 13.1 Å². The molecule has 1 saturated heterocycles. The first kappa shape index (κ1) is 14.4. The summed E-state index contributed by atoms with van der Waals surface area (Å²) in [5.74, 6) is 0.278. The smallest absolute Gasteiger partial charge is 0.289 e. The van der Waals surface area contributed by atoms with Crippen LogP contribution in [0.4, 0.5) is 0 Å². The Morgan fingerprint density at radius 2 is 1.96 bits per heavy atom. The zero-order valence-electron chi connectivity index (χ0n) is 12.7. The summed E-state index contributed by atoms with van der Waals surface area (Å²) in [4.78, 5) is 30.2. The molecule has 1 fully saturated rings. The van der Waals surface area contributed by atoms with Crippen LogP contribution in [0.1, 0.15) is 10.6 Å². The van der Waals surface area contributed by atoms with Crippen LogP contribution in [-0.2, 0) is 0 Å². The lowest BCUT2D eigenvalue weighted by molar-refractivity contribution is 0.0138. The highest BCUT2D eigenvalue weighted by atomic mass is 16.5. The molecule has 6 nitrogen and oxygen atoms in total. The number of carbonyl (C=O) groups excluding carboxylic acids is 1. The maximum atomic E-state index is 12.4. The van der Waals surface area contributed by atoms with E-state index < -0.39 is 0 Å². The van der Waals surface area contributed by atoms with Crippen LogP contribution in [0.25, 0.3) is 11.0 Å². The van der Waals surface area contributed by atoms with Gasteiger partial charge in [-0.15, -0.1) is 0 Å². The van der Waals surface area contributed by atoms with Gasteiger partial charge in [0.2, 0.25) is 5.88 Å². The molecule has 4 rings (SSSR count). The molecule has 1 aromatic carbocycles. The molecule has 0 saturated carbocycles. The third-order valence-electron chi connectivity index (χ3n) is 3.91. The van der Waals surface area contributed by atoms with Gasteiger partial charge in [0.15, 0.2) is 11.2 Å². The SMILES string of the molecule is O=C(c1cc(=O)c2ccccc2o1)N1CC(Oc2ccccn2)C1. The molecule has 0 spiro atoms. The number of aromatic nitrogens is 1. The van der Waals surface area contributed by atoms with Gasteiger partial charge < -0.3 is 14.1 Å². The van der Waals surface area contributed by atoms with E-state index >= 15 is 0 Å². The molecule has 24 heavy (non-hydrogen) atoms. The molecular formula is C18H14N2O4. The van der Waals surface area contributed by atoms with E-state index in [1.807, 2.05) is 12.1 Å². The Labute approximate surface area is 137 Å². The van der Waals surface area contributed by atoms with Crippen LogP contribution in [-0.4, -0.2) is 35.0 Å². The van der Waals surface area contributed by atoms with Crippen LogP contribution >= 0.6 is 0 Å². The summed E-state index contributed by atoms with van der Waals surface area (Å²) < 4.78 is 11.2. The third kappa shape index (κ3) is 2.62. The van der Waals surface area contributed by atoms with Crippen molar-refractivity contribution in [3.8, 4) is 5.88 Å². The summed E-state index contributed by atoms with van der Waals surface area (Å²) in [6.45, 7) is 0.873. The summed E-state index contributed by atoms with van der Waals surface area (Å²) >= 11 is 0. The lowest BCUT2D eigenvalue weighted by Crippen LogP contribution is -2.56. The third-order valence-corrected chi connectivity index (χ3v) is 3.91. The lowest BCUT2D eigenvalue weighted by Gasteiger charge is -2.38. The van der Waals surface area contributed by atoms with E-state index in [1.54, 1.807) is 41.4 Å². The molecule has 3 heterocycles. The van der Waals surface area contributed by atoms with Gasteiger partial charge in [0, 0.05) is 18.3 Å². The predicted octanol–water partition coefficient (Wildman–Crippen LogP) is 2.09.